The highest BCUT2D eigenvalue weighted by molar-refractivity contribution is 5.76. The van der Waals surface area contributed by atoms with Crippen molar-refractivity contribution in [1.29, 1.82) is 0 Å². The second-order valence-electron chi connectivity index (χ2n) is 13.9. The minimum absolute atomic E-state index is 0.127. The third kappa shape index (κ3) is 4.41. The van der Waals surface area contributed by atoms with E-state index in [2.05, 4.69) is 41.9 Å². The van der Waals surface area contributed by atoms with Crippen LogP contribution in [0.4, 0.5) is 6.01 Å². The molecular formula is C31H48N4O3. The number of nitrogens with zero attached hydrogens (tertiary/aromatic N) is 4. The van der Waals surface area contributed by atoms with E-state index >= 15 is 0 Å². The summed E-state index contributed by atoms with van der Waals surface area (Å²) in [5.74, 6) is 4.60. The van der Waals surface area contributed by atoms with Gasteiger partial charge in [-0.05, 0) is 98.2 Å². The predicted octanol–water partition coefficient (Wildman–Crippen LogP) is 5.38. The molecule has 2 heterocycles. The van der Waals surface area contributed by atoms with E-state index in [0.29, 0.717) is 41.0 Å². The van der Waals surface area contributed by atoms with Crippen molar-refractivity contribution in [1.82, 2.24) is 15.1 Å². The summed E-state index contributed by atoms with van der Waals surface area (Å²) in [5.41, 5.74) is 2.29. The zero-order chi connectivity index (χ0) is 26.7. The Balaban J connectivity index is 1.04. The number of amides is 1. The zero-order valence-electron chi connectivity index (χ0n) is 24.0. The molecule has 8 atom stereocenters. The van der Waals surface area contributed by atoms with Gasteiger partial charge in [0.2, 0.25) is 11.8 Å². The molecular weight excluding hydrogens is 476 g/mol. The van der Waals surface area contributed by atoms with Crippen LogP contribution < -0.4 is 4.90 Å². The Morgan fingerprint density at radius 3 is 2.63 bits per heavy atom. The molecule has 7 nitrogen and oxygen atoms in total. The van der Waals surface area contributed by atoms with Crippen molar-refractivity contribution < 1.29 is 14.3 Å². The molecule has 38 heavy (non-hydrogen) atoms. The number of carbonyl (C=O) groups excluding carboxylic acids is 1. The Labute approximate surface area is 228 Å². The van der Waals surface area contributed by atoms with E-state index < -0.39 is 0 Å². The van der Waals surface area contributed by atoms with Gasteiger partial charge in [0, 0.05) is 39.5 Å². The van der Waals surface area contributed by atoms with Gasteiger partial charge < -0.3 is 19.3 Å². The smallest absolute Gasteiger partial charge is 0.318 e. The van der Waals surface area contributed by atoms with Crippen molar-refractivity contribution in [3.63, 3.8) is 0 Å². The number of aliphatic hydroxyl groups is 1. The average Bonchev–Trinajstić information content (AvgIpc) is 3.50. The van der Waals surface area contributed by atoms with E-state index in [9.17, 15) is 9.90 Å². The van der Waals surface area contributed by atoms with Crippen molar-refractivity contribution in [3.8, 4) is 0 Å². The van der Waals surface area contributed by atoms with Gasteiger partial charge in [-0.25, -0.2) is 0 Å². The summed E-state index contributed by atoms with van der Waals surface area (Å²) < 4.78 is 5.56. The number of hydrogen-bond acceptors (Lipinski definition) is 6. The Kier molecular flexibility index (Phi) is 6.89. The number of anilines is 1. The molecule has 4 fully saturated rings. The molecule has 1 aromatic rings. The van der Waals surface area contributed by atoms with Gasteiger partial charge in [0.25, 0.3) is 0 Å². The normalized spacial score (nSPS) is 39.7. The fourth-order valence-electron chi connectivity index (χ4n) is 9.89. The van der Waals surface area contributed by atoms with E-state index in [4.69, 9.17) is 4.42 Å². The van der Waals surface area contributed by atoms with Crippen molar-refractivity contribution in [2.75, 3.05) is 31.1 Å². The number of aryl methyl sites for hydroxylation is 1. The molecule has 5 aliphatic rings. The number of aromatic nitrogens is 2. The number of aliphatic hydroxyl groups excluding tert-OH is 1. The molecule has 3 saturated carbocycles. The fourth-order valence-corrected chi connectivity index (χ4v) is 9.89. The molecule has 0 spiro atoms. The van der Waals surface area contributed by atoms with Crippen LogP contribution in [0.15, 0.2) is 16.1 Å². The van der Waals surface area contributed by atoms with Gasteiger partial charge >= 0.3 is 6.01 Å². The maximum atomic E-state index is 13.1. The van der Waals surface area contributed by atoms with E-state index in [0.717, 1.165) is 75.5 Å². The van der Waals surface area contributed by atoms with Crippen LogP contribution in [0.25, 0.3) is 0 Å². The summed E-state index contributed by atoms with van der Waals surface area (Å²) in [6, 6.07) is 0.571. The Bertz CT molecular complexity index is 1060. The van der Waals surface area contributed by atoms with Crippen LogP contribution >= 0.6 is 0 Å². The quantitative estimate of drug-likeness (QED) is 0.521. The standard InChI is InChI=1S/C31H48N4O3/c1-20(5-10-28(37)34-15-17-35(18-16-34)29-33-32-21(2)38-29)25-8-9-26-24-7-6-22-19-23(36)11-13-30(22,3)27(24)12-14-31(25,26)4/h6,20,23-27,36H,5,7-19H2,1-4H3/t20?,23-,24-,25+,26-,27-,30-,31+/m0/s1. The number of hydrogen-bond donors (Lipinski definition) is 1. The molecule has 1 saturated heterocycles. The van der Waals surface area contributed by atoms with Crippen LogP contribution in [-0.4, -0.2) is 58.4 Å². The van der Waals surface area contributed by atoms with Gasteiger partial charge in [0.1, 0.15) is 0 Å². The third-order valence-corrected chi connectivity index (χ3v) is 12.1. The Hall–Kier alpha value is -1.89. The molecule has 0 radical (unpaired) electrons. The van der Waals surface area contributed by atoms with Crippen LogP contribution in [0.2, 0.25) is 0 Å². The minimum atomic E-state index is -0.127. The Morgan fingerprint density at radius 2 is 1.89 bits per heavy atom. The number of piperazine rings is 1. The SMILES string of the molecule is Cc1nnc(N2CCN(C(=O)CCC(C)[C@H]3CC[C@H]4[C@@H]5CC=C6C[C@@H](O)CC[C@]6(C)[C@H]5CC[C@]34C)CC2)o1. The van der Waals surface area contributed by atoms with E-state index in [1.165, 1.54) is 32.1 Å². The van der Waals surface area contributed by atoms with Gasteiger partial charge in [-0.2, -0.15) is 0 Å². The van der Waals surface area contributed by atoms with Crippen LogP contribution in [0, 0.1) is 47.3 Å². The topological polar surface area (TPSA) is 82.7 Å². The molecule has 4 aliphatic carbocycles. The summed E-state index contributed by atoms with van der Waals surface area (Å²) >= 11 is 0. The van der Waals surface area contributed by atoms with Crippen molar-refractivity contribution in [3.05, 3.63) is 17.5 Å². The van der Waals surface area contributed by atoms with E-state index in [-0.39, 0.29) is 6.10 Å². The highest BCUT2D eigenvalue weighted by Gasteiger charge is 2.59. The molecule has 1 aliphatic heterocycles. The monoisotopic (exact) mass is 524 g/mol. The van der Waals surface area contributed by atoms with E-state index in [1.807, 2.05) is 4.90 Å². The second-order valence-corrected chi connectivity index (χ2v) is 13.9. The van der Waals surface area contributed by atoms with E-state index in [1.54, 1.807) is 12.5 Å². The highest BCUT2D eigenvalue weighted by atomic mass is 16.4. The van der Waals surface area contributed by atoms with Crippen molar-refractivity contribution in [2.24, 2.45) is 40.4 Å². The second kappa shape index (κ2) is 9.94. The predicted molar refractivity (Wildman–Crippen MR) is 147 cm³/mol. The van der Waals surface area contributed by atoms with Crippen molar-refractivity contribution >= 4 is 11.9 Å². The summed E-state index contributed by atoms with van der Waals surface area (Å²) in [5, 5.41) is 18.4. The lowest BCUT2D eigenvalue weighted by Crippen LogP contribution is -2.51. The number of rotatable bonds is 5. The molecule has 7 heteroatoms. The summed E-state index contributed by atoms with van der Waals surface area (Å²) in [7, 11) is 0. The average molecular weight is 525 g/mol. The fraction of sp³-hybridized carbons (Fsp3) is 0.839. The zero-order valence-corrected chi connectivity index (χ0v) is 24.0. The molecule has 6 rings (SSSR count). The summed E-state index contributed by atoms with van der Waals surface area (Å²) in [4.78, 5) is 17.3. The first-order valence-corrected chi connectivity index (χ1v) is 15.4. The van der Waals surface area contributed by atoms with Crippen LogP contribution in [-0.2, 0) is 4.79 Å². The van der Waals surface area contributed by atoms with Gasteiger partial charge in [0.05, 0.1) is 6.10 Å². The Morgan fingerprint density at radius 1 is 1.11 bits per heavy atom. The first-order chi connectivity index (χ1) is 18.2. The lowest BCUT2D eigenvalue weighted by molar-refractivity contribution is -0.132. The first kappa shape index (κ1) is 26.3. The minimum Gasteiger partial charge on any atom is -0.408 e. The molecule has 1 unspecified atom stereocenters. The lowest BCUT2D eigenvalue weighted by atomic mass is 9.47. The van der Waals surface area contributed by atoms with Crippen LogP contribution in [0.3, 0.4) is 0 Å². The number of fused-ring (bicyclic) bond motifs is 5. The van der Waals surface area contributed by atoms with Gasteiger partial charge in [-0.1, -0.05) is 37.5 Å². The van der Waals surface area contributed by atoms with Gasteiger partial charge in [-0.15, -0.1) is 5.10 Å². The lowest BCUT2D eigenvalue weighted by Gasteiger charge is -2.58. The highest BCUT2D eigenvalue weighted by Crippen LogP contribution is 2.67. The van der Waals surface area contributed by atoms with Gasteiger partial charge in [0.15, 0.2) is 0 Å². The largest absolute Gasteiger partial charge is 0.408 e. The van der Waals surface area contributed by atoms with Crippen LogP contribution in [0.1, 0.15) is 90.9 Å². The molecule has 0 aromatic carbocycles. The maximum absolute atomic E-state index is 13.1. The van der Waals surface area contributed by atoms with Gasteiger partial charge in [-0.3, -0.25) is 4.79 Å². The van der Waals surface area contributed by atoms with Crippen LogP contribution in [0.5, 0.6) is 0 Å². The number of carbonyl (C=O) groups is 1. The molecule has 210 valence electrons. The maximum Gasteiger partial charge on any atom is 0.318 e. The summed E-state index contributed by atoms with van der Waals surface area (Å²) in [6.07, 6.45) is 13.7. The summed E-state index contributed by atoms with van der Waals surface area (Å²) in [6.45, 7) is 12.3. The molecule has 1 aromatic heterocycles. The first-order valence-electron chi connectivity index (χ1n) is 15.4. The molecule has 0 bridgehead atoms. The third-order valence-electron chi connectivity index (χ3n) is 12.1. The number of allylic oxidation sites excluding steroid dienone is 1. The molecule has 1 amide bonds. The molecule has 1 N–H and O–H groups in total. The van der Waals surface area contributed by atoms with Crippen molar-refractivity contribution in [2.45, 2.75) is 98.0 Å².